The maximum atomic E-state index is 13.9. The molecular weight excluding hydrogens is 363 g/mol. The number of thiazole rings is 1. The van der Waals surface area contributed by atoms with Crippen LogP contribution in [-0.4, -0.2) is 29.0 Å². The van der Waals surface area contributed by atoms with E-state index in [0.717, 1.165) is 24.6 Å². The van der Waals surface area contributed by atoms with Crippen molar-refractivity contribution in [2.24, 2.45) is 0 Å². The van der Waals surface area contributed by atoms with Gasteiger partial charge in [-0.05, 0) is 44.0 Å². The summed E-state index contributed by atoms with van der Waals surface area (Å²) in [5.74, 6) is 0.327. The van der Waals surface area contributed by atoms with Gasteiger partial charge in [0.15, 0.2) is 0 Å². The van der Waals surface area contributed by atoms with E-state index in [1.54, 1.807) is 18.2 Å². The number of carbonyl (C=O) groups excluding carboxylic acids is 1. The molecule has 3 heterocycles. The van der Waals surface area contributed by atoms with Crippen LogP contribution in [0, 0.1) is 12.7 Å². The van der Waals surface area contributed by atoms with Crippen molar-refractivity contribution < 1.29 is 9.18 Å². The minimum absolute atomic E-state index is 0.270. The van der Waals surface area contributed by atoms with Gasteiger partial charge in [-0.15, -0.1) is 11.3 Å². The van der Waals surface area contributed by atoms with E-state index in [1.807, 2.05) is 19.1 Å². The number of carbonyl (C=O) groups is 1. The van der Waals surface area contributed by atoms with Gasteiger partial charge in [-0.25, -0.2) is 14.4 Å². The van der Waals surface area contributed by atoms with E-state index in [1.165, 1.54) is 36.4 Å². The lowest BCUT2D eigenvalue weighted by molar-refractivity contribution is 0.103. The third kappa shape index (κ3) is 3.68. The topological polar surface area (TPSA) is 58.1 Å². The van der Waals surface area contributed by atoms with Gasteiger partial charge in [-0.3, -0.25) is 4.79 Å². The number of nitrogens with one attached hydrogen (secondary N) is 1. The predicted octanol–water partition coefficient (Wildman–Crippen LogP) is 4.51. The lowest BCUT2D eigenvalue weighted by Crippen LogP contribution is -2.20. The van der Waals surface area contributed by atoms with Gasteiger partial charge in [0.1, 0.15) is 21.5 Å². The lowest BCUT2D eigenvalue weighted by Gasteiger charge is -2.17. The van der Waals surface area contributed by atoms with E-state index in [0.29, 0.717) is 21.1 Å². The molecule has 0 atom stereocenters. The third-order valence-electron chi connectivity index (χ3n) is 4.58. The molecule has 7 heteroatoms. The van der Waals surface area contributed by atoms with E-state index in [-0.39, 0.29) is 11.7 Å². The van der Waals surface area contributed by atoms with Gasteiger partial charge >= 0.3 is 0 Å². The standard InChI is InChI=1S/C20H19FN4OS/c1-13-16(8-9-18(23-13)25-10-4-5-11-25)24-19(26)17-12-22-20(27-17)14-6-2-3-7-15(14)21/h2-3,6-9,12H,4-5,10-11H2,1H3,(H,24,26). The first-order valence-corrected chi connectivity index (χ1v) is 9.68. The number of benzene rings is 1. The smallest absolute Gasteiger partial charge is 0.267 e. The van der Waals surface area contributed by atoms with Crippen molar-refractivity contribution in [3.05, 3.63) is 59.0 Å². The second-order valence-electron chi connectivity index (χ2n) is 6.46. The average Bonchev–Trinajstić information content (AvgIpc) is 3.36. The SMILES string of the molecule is Cc1nc(N2CCCC2)ccc1NC(=O)c1cnc(-c2ccccc2F)s1. The van der Waals surface area contributed by atoms with Crippen molar-refractivity contribution in [3.63, 3.8) is 0 Å². The number of hydrogen-bond donors (Lipinski definition) is 1. The largest absolute Gasteiger partial charge is 0.357 e. The Bertz CT molecular complexity index is 982. The number of aromatic nitrogens is 2. The van der Waals surface area contributed by atoms with Crippen LogP contribution < -0.4 is 10.2 Å². The Hall–Kier alpha value is -2.80. The van der Waals surface area contributed by atoms with Crippen LogP contribution in [0.5, 0.6) is 0 Å². The molecule has 1 saturated heterocycles. The monoisotopic (exact) mass is 382 g/mol. The van der Waals surface area contributed by atoms with Crippen molar-refractivity contribution in [1.29, 1.82) is 0 Å². The van der Waals surface area contributed by atoms with Crippen LogP contribution in [-0.2, 0) is 0 Å². The van der Waals surface area contributed by atoms with Gasteiger partial charge in [-0.2, -0.15) is 0 Å². The van der Waals surface area contributed by atoms with Gasteiger partial charge in [0.25, 0.3) is 5.91 Å². The van der Waals surface area contributed by atoms with Crippen LogP contribution in [0.3, 0.4) is 0 Å². The number of pyridine rings is 1. The van der Waals surface area contributed by atoms with E-state index in [2.05, 4.69) is 20.2 Å². The van der Waals surface area contributed by atoms with E-state index in [4.69, 9.17) is 0 Å². The zero-order valence-electron chi connectivity index (χ0n) is 14.9. The fraction of sp³-hybridized carbons (Fsp3) is 0.250. The highest BCUT2D eigenvalue weighted by Crippen LogP contribution is 2.28. The maximum Gasteiger partial charge on any atom is 0.267 e. The second kappa shape index (κ2) is 7.44. The normalized spacial score (nSPS) is 13.8. The molecule has 1 N–H and O–H groups in total. The van der Waals surface area contributed by atoms with Gasteiger partial charge < -0.3 is 10.2 Å². The molecule has 0 unspecified atom stereocenters. The molecule has 27 heavy (non-hydrogen) atoms. The molecule has 1 aliphatic heterocycles. The summed E-state index contributed by atoms with van der Waals surface area (Å²) in [4.78, 5) is 24.1. The van der Waals surface area contributed by atoms with Gasteiger partial charge in [0.2, 0.25) is 0 Å². The first-order valence-electron chi connectivity index (χ1n) is 8.86. The molecule has 2 aromatic heterocycles. The Morgan fingerprint density at radius 2 is 1.96 bits per heavy atom. The molecule has 0 radical (unpaired) electrons. The minimum Gasteiger partial charge on any atom is -0.357 e. The molecule has 1 aromatic carbocycles. The van der Waals surface area contributed by atoms with Crippen molar-refractivity contribution >= 4 is 28.7 Å². The van der Waals surface area contributed by atoms with E-state index < -0.39 is 0 Å². The molecule has 0 saturated carbocycles. The maximum absolute atomic E-state index is 13.9. The third-order valence-corrected chi connectivity index (χ3v) is 5.61. The number of halogens is 1. The highest BCUT2D eigenvalue weighted by molar-refractivity contribution is 7.17. The zero-order valence-corrected chi connectivity index (χ0v) is 15.7. The molecule has 1 amide bonds. The van der Waals surface area contributed by atoms with Crippen molar-refractivity contribution in [1.82, 2.24) is 9.97 Å². The Morgan fingerprint density at radius 1 is 1.19 bits per heavy atom. The first kappa shape index (κ1) is 17.6. The zero-order chi connectivity index (χ0) is 18.8. The number of nitrogens with zero attached hydrogens (tertiary/aromatic N) is 3. The number of rotatable bonds is 4. The van der Waals surface area contributed by atoms with E-state index in [9.17, 15) is 9.18 Å². The van der Waals surface area contributed by atoms with Crippen LogP contribution in [0.1, 0.15) is 28.2 Å². The van der Waals surface area contributed by atoms with Crippen LogP contribution in [0.25, 0.3) is 10.6 Å². The molecule has 1 aliphatic rings. The molecule has 3 aromatic rings. The summed E-state index contributed by atoms with van der Waals surface area (Å²) in [5, 5.41) is 3.36. The molecule has 138 valence electrons. The molecule has 0 aliphatic carbocycles. The van der Waals surface area contributed by atoms with Crippen LogP contribution in [0.15, 0.2) is 42.6 Å². The summed E-state index contributed by atoms with van der Waals surface area (Å²) in [6.07, 6.45) is 3.85. The number of anilines is 2. The number of amides is 1. The van der Waals surface area contributed by atoms with Crippen molar-refractivity contribution in [3.8, 4) is 10.6 Å². The fourth-order valence-electron chi connectivity index (χ4n) is 3.12. The summed E-state index contributed by atoms with van der Waals surface area (Å²) >= 11 is 1.17. The Labute approximate surface area is 160 Å². The molecule has 5 nitrogen and oxygen atoms in total. The van der Waals surface area contributed by atoms with Gasteiger partial charge in [0, 0.05) is 18.7 Å². The summed E-state index contributed by atoms with van der Waals surface area (Å²) < 4.78 is 13.9. The Balaban J connectivity index is 1.50. The average molecular weight is 382 g/mol. The second-order valence-corrected chi connectivity index (χ2v) is 7.49. The highest BCUT2D eigenvalue weighted by Gasteiger charge is 2.17. The quantitative estimate of drug-likeness (QED) is 0.722. The van der Waals surface area contributed by atoms with Gasteiger partial charge in [-0.1, -0.05) is 12.1 Å². The van der Waals surface area contributed by atoms with Crippen LogP contribution in [0.4, 0.5) is 15.9 Å². The minimum atomic E-state index is -0.351. The number of aryl methyl sites for hydroxylation is 1. The summed E-state index contributed by atoms with van der Waals surface area (Å²) in [6.45, 7) is 3.93. The van der Waals surface area contributed by atoms with Crippen LogP contribution >= 0.6 is 11.3 Å². The summed E-state index contributed by atoms with van der Waals surface area (Å²) in [7, 11) is 0. The van der Waals surface area contributed by atoms with E-state index >= 15 is 0 Å². The fourth-order valence-corrected chi connectivity index (χ4v) is 3.96. The number of hydrogen-bond acceptors (Lipinski definition) is 5. The molecule has 1 fully saturated rings. The highest BCUT2D eigenvalue weighted by atomic mass is 32.1. The van der Waals surface area contributed by atoms with Gasteiger partial charge in [0.05, 0.1) is 17.6 Å². The summed E-state index contributed by atoms with van der Waals surface area (Å²) in [6, 6.07) is 10.2. The molecule has 4 rings (SSSR count). The van der Waals surface area contributed by atoms with Crippen LogP contribution in [0.2, 0.25) is 0 Å². The Kier molecular flexibility index (Phi) is 4.85. The predicted molar refractivity (Wildman–Crippen MR) is 106 cm³/mol. The van der Waals surface area contributed by atoms with Crippen molar-refractivity contribution in [2.75, 3.05) is 23.3 Å². The molecule has 0 spiro atoms. The Morgan fingerprint density at radius 3 is 2.70 bits per heavy atom. The molecule has 0 bridgehead atoms. The first-order chi connectivity index (χ1) is 13.1. The molecular formula is C20H19FN4OS. The lowest BCUT2D eigenvalue weighted by atomic mass is 10.2. The summed E-state index contributed by atoms with van der Waals surface area (Å²) in [5.41, 5.74) is 1.84. The van der Waals surface area contributed by atoms with Crippen molar-refractivity contribution in [2.45, 2.75) is 19.8 Å².